The second kappa shape index (κ2) is 11.9. The first-order valence-electron chi connectivity index (χ1n) is 12.1. The molecule has 1 saturated carbocycles. The molecule has 4 rings (SSSR count). The molecule has 4 nitrogen and oxygen atoms in total. The smallest absolute Gasteiger partial charge is 0.330 e. The molecule has 0 saturated heterocycles. The van der Waals surface area contributed by atoms with E-state index >= 15 is 0 Å². The number of carbonyl (C=O) groups excluding carboxylic acids is 2. The van der Waals surface area contributed by atoms with Gasteiger partial charge in [-0.05, 0) is 65.4 Å². The van der Waals surface area contributed by atoms with Gasteiger partial charge in [-0.3, -0.25) is 4.79 Å². The number of carbonyl (C=O) groups is 2. The largest absolute Gasteiger partial charge is 0.466 e. The molecule has 5 heteroatoms. The first-order valence-corrected chi connectivity index (χ1v) is 12.4. The van der Waals surface area contributed by atoms with E-state index in [1.165, 1.54) is 19.6 Å². The molecule has 1 aliphatic carbocycles. The van der Waals surface area contributed by atoms with Crippen molar-refractivity contribution < 1.29 is 14.3 Å². The van der Waals surface area contributed by atoms with Crippen molar-refractivity contribution in [2.75, 3.05) is 12.0 Å². The van der Waals surface area contributed by atoms with E-state index in [0.29, 0.717) is 11.6 Å². The highest BCUT2D eigenvalue weighted by molar-refractivity contribution is 6.30. The maximum atomic E-state index is 13.7. The SMILES string of the molecule is COC(=O)/C=C/c1cccc(N(Cc2ccc(-c3ccc(Cl)cc3)cc2)C(=O)C2CCCCC2)c1. The lowest BCUT2D eigenvalue weighted by atomic mass is 9.88. The first-order chi connectivity index (χ1) is 17.0. The highest BCUT2D eigenvalue weighted by atomic mass is 35.5. The van der Waals surface area contributed by atoms with Crippen molar-refractivity contribution in [3.8, 4) is 11.1 Å². The zero-order valence-corrected chi connectivity index (χ0v) is 20.7. The maximum Gasteiger partial charge on any atom is 0.330 e. The number of methoxy groups -OCH3 is 1. The molecule has 0 unspecified atom stereocenters. The molecule has 1 fully saturated rings. The number of nitrogens with zero attached hydrogens (tertiary/aromatic N) is 1. The summed E-state index contributed by atoms with van der Waals surface area (Å²) in [6, 6.07) is 23.8. The number of rotatable bonds is 7. The van der Waals surface area contributed by atoms with Crippen LogP contribution in [0.25, 0.3) is 17.2 Å². The predicted molar refractivity (Wildman–Crippen MR) is 142 cm³/mol. The van der Waals surface area contributed by atoms with Crippen LogP contribution in [0, 0.1) is 5.92 Å². The minimum absolute atomic E-state index is 0.0476. The molecular formula is C30H30ClNO3. The van der Waals surface area contributed by atoms with Crippen LogP contribution in [0.15, 0.2) is 78.9 Å². The van der Waals surface area contributed by atoms with Crippen molar-refractivity contribution in [1.29, 1.82) is 0 Å². The van der Waals surface area contributed by atoms with Crippen LogP contribution < -0.4 is 4.90 Å². The van der Waals surface area contributed by atoms with Gasteiger partial charge in [0.05, 0.1) is 13.7 Å². The molecule has 0 bridgehead atoms. The highest BCUT2D eigenvalue weighted by Crippen LogP contribution is 2.30. The van der Waals surface area contributed by atoms with Crippen LogP contribution in [0.2, 0.25) is 5.02 Å². The van der Waals surface area contributed by atoms with Crippen LogP contribution in [0.1, 0.15) is 43.2 Å². The fraction of sp³-hybridized carbons (Fsp3) is 0.267. The Morgan fingerprint density at radius 2 is 1.60 bits per heavy atom. The summed E-state index contributed by atoms with van der Waals surface area (Å²) in [6.45, 7) is 0.487. The summed E-state index contributed by atoms with van der Waals surface area (Å²) in [5.74, 6) is -0.196. The Labute approximate surface area is 212 Å². The van der Waals surface area contributed by atoms with E-state index in [2.05, 4.69) is 24.3 Å². The standard InChI is InChI=1S/C30H30ClNO3/c1-35-29(33)19-12-22-6-5-9-28(20-22)32(30(34)26-7-3-2-4-8-26)21-23-10-13-24(14-11-23)25-15-17-27(31)18-16-25/h5-6,9-20,26H,2-4,7-8,21H2,1H3/b19-12+. The van der Waals surface area contributed by atoms with Gasteiger partial charge in [0.1, 0.15) is 0 Å². The number of hydrogen-bond donors (Lipinski definition) is 0. The van der Waals surface area contributed by atoms with Gasteiger partial charge in [0, 0.05) is 22.7 Å². The Hall–Kier alpha value is -3.37. The Bertz CT molecular complexity index is 1180. The van der Waals surface area contributed by atoms with Gasteiger partial charge in [-0.15, -0.1) is 0 Å². The minimum atomic E-state index is -0.411. The minimum Gasteiger partial charge on any atom is -0.466 e. The van der Waals surface area contributed by atoms with Gasteiger partial charge in [0.25, 0.3) is 0 Å². The second-order valence-corrected chi connectivity index (χ2v) is 9.35. The lowest BCUT2D eigenvalue weighted by Crippen LogP contribution is -2.36. The monoisotopic (exact) mass is 487 g/mol. The van der Waals surface area contributed by atoms with Crippen LogP contribution in [-0.2, 0) is 20.9 Å². The molecule has 1 amide bonds. The molecule has 1 aliphatic rings. The highest BCUT2D eigenvalue weighted by Gasteiger charge is 2.27. The van der Waals surface area contributed by atoms with Crippen molar-refractivity contribution >= 4 is 35.2 Å². The van der Waals surface area contributed by atoms with Crippen molar-refractivity contribution in [1.82, 2.24) is 0 Å². The first kappa shape index (κ1) is 24.7. The number of esters is 1. The summed E-state index contributed by atoms with van der Waals surface area (Å²) in [7, 11) is 1.35. The molecule has 0 spiro atoms. The molecule has 0 N–H and O–H groups in total. The summed E-state index contributed by atoms with van der Waals surface area (Å²) in [5.41, 5.74) is 4.93. The van der Waals surface area contributed by atoms with E-state index in [1.807, 2.05) is 53.4 Å². The van der Waals surface area contributed by atoms with Crippen molar-refractivity contribution in [3.63, 3.8) is 0 Å². The van der Waals surface area contributed by atoms with Crippen molar-refractivity contribution in [2.45, 2.75) is 38.6 Å². The zero-order valence-electron chi connectivity index (χ0n) is 20.0. The Balaban J connectivity index is 1.60. The van der Waals surface area contributed by atoms with Gasteiger partial charge in [-0.1, -0.05) is 79.4 Å². The molecule has 0 atom stereocenters. The van der Waals surface area contributed by atoms with Gasteiger partial charge in [0.2, 0.25) is 5.91 Å². The summed E-state index contributed by atoms with van der Waals surface area (Å²) < 4.78 is 4.70. The quantitative estimate of drug-likeness (QED) is 0.259. The van der Waals surface area contributed by atoms with Crippen LogP contribution in [0.5, 0.6) is 0 Å². The van der Waals surface area contributed by atoms with Gasteiger partial charge in [0.15, 0.2) is 0 Å². The number of hydrogen-bond acceptors (Lipinski definition) is 3. The van der Waals surface area contributed by atoms with Crippen LogP contribution in [0.3, 0.4) is 0 Å². The molecule has 0 radical (unpaired) electrons. The lowest BCUT2D eigenvalue weighted by Gasteiger charge is -2.30. The number of benzene rings is 3. The lowest BCUT2D eigenvalue weighted by molar-refractivity contribution is -0.134. The second-order valence-electron chi connectivity index (χ2n) is 8.91. The number of halogens is 1. The molecule has 35 heavy (non-hydrogen) atoms. The average molecular weight is 488 g/mol. The third-order valence-electron chi connectivity index (χ3n) is 6.49. The van der Waals surface area contributed by atoms with Crippen LogP contribution >= 0.6 is 11.6 Å². The summed E-state index contributed by atoms with van der Waals surface area (Å²) in [4.78, 5) is 27.1. The van der Waals surface area contributed by atoms with Gasteiger partial charge in [-0.2, -0.15) is 0 Å². The third-order valence-corrected chi connectivity index (χ3v) is 6.74. The summed E-state index contributed by atoms with van der Waals surface area (Å²) in [5, 5.41) is 0.714. The number of anilines is 1. The number of ether oxygens (including phenoxy) is 1. The molecule has 0 aromatic heterocycles. The van der Waals surface area contributed by atoms with Gasteiger partial charge >= 0.3 is 5.97 Å². The van der Waals surface area contributed by atoms with Crippen molar-refractivity contribution in [3.05, 3.63) is 95.0 Å². The third kappa shape index (κ3) is 6.61. The van der Waals surface area contributed by atoms with Crippen LogP contribution in [-0.4, -0.2) is 19.0 Å². The maximum absolute atomic E-state index is 13.7. The van der Waals surface area contributed by atoms with Gasteiger partial charge < -0.3 is 9.64 Å². The van der Waals surface area contributed by atoms with E-state index < -0.39 is 5.97 Å². The topological polar surface area (TPSA) is 46.6 Å². The fourth-order valence-electron chi connectivity index (χ4n) is 4.52. The Morgan fingerprint density at radius 1 is 0.943 bits per heavy atom. The molecule has 0 heterocycles. The van der Waals surface area contributed by atoms with E-state index in [9.17, 15) is 9.59 Å². The Morgan fingerprint density at radius 3 is 2.26 bits per heavy atom. The van der Waals surface area contributed by atoms with Gasteiger partial charge in [-0.25, -0.2) is 4.79 Å². The summed E-state index contributed by atoms with van der Waals surface area (Å²) in [6.07, 6.45) is 8.37. The fourth-order valence-corrected chi connectivity index (χ4v) is 4.65. The van der Waals surface area contributed by atoms with E-state index in [0.717, 1.165) is 53.6 Å². The zero-order chi connectivity index (χ0) is 24.6. The predicted octanol–water partition coefficient (Wildman–Crippen LogP) is 7.31. The van der Waals surface area contributed by atoms with E-state index in [-0.39, 0.29) is 11.8 Å². The van der Waals surface area contributed by atoms with E-state index in [1.54, 1.807) is 6.08 Å². The summed E-state index contributed by atoms with van der Waals surface area (Å²) >= 11 is 6.02. The molecule has 3 aromatic carbocycles. The molecule has 0 aliphatic heterocycles. The Kier molecular flexibility index (Phi) is 8.38. The van der Waals surface area contributed by atoms with Crippen LogP contribution in [0.4, 0.5) is 5.69 Å². The number of amides is 1. The molecule has 3 aromatic rings. The average Bonchev–Trinajstić information content (AvgIpc) is 2.91. The molecule has 180 valence electrons. The van der Waals surface area contributed by atoms with Crippen molar-refractivity contribution in [2.24, 2.45) is 5.92 Å². The normalized spacial score (nSPS) is 14.1. The molecular weight excluding hydrogens is 458 g/mol. The van der Waals surface area contributed by atoms with E-state index in [4.69, 9.17) is 16.3 Å².